The molecule has 16 heavy (non-hydrogen) atoms. The summed E-state index contributed by atoms with van der Waals surface area (Å²) in [5.74, 6) is 0.460. The number of piperidine rings is 1. The molecule has 94 valence electrons. The number of halogens is 2. The van der Waals surface area contributed by atoms with Gasteiger partial charge < -0.3 is 9.64 Å². The van der Waals surface area contributed by atoms with Crippen LogP contribution in [0, 0.1) is 5.92 Å². The highest BCUT2D eigenvalue weighted by molar-refractivity contribution is 9.10. The monoisotopic (exact) mass is 355 g/mol. The van der Waals surface area contributed by atoms with E-state index in [2.05, 4.69) is 31.9 Å². The molecule has 1 aliphatic heterocycles. The second-order valence-electron chi connectivity index (χ2n) is 5.15. The van der Waals surface area contributed by atoms with Crippen molar-refractivity contribution in [1.82, 2.24) is 4.90 Å². The molecular weight excluding hydrogens is 338 g/mol. The Morgan fingerprint density at radius 3 is 2.62 bits per heavy atom. The fourth-order valence-electron chi connectivity index (χ4n) is 1.64. The Labute approximate surface area is 114 Å². The lowest BCUT2D eigenvalue weighted by atomic mass is 10.0. The zero-order chi connectivity index (χ0) is 12.3. The predicted molar refractivity (Wildman–Crippen MR) is 72.4 cm³/mol. The van der Waals surface area contributed by atoms with Crippen molar-refractivity contribution >= 4 is 38.0 Å². The summed E-state index contributed by atoms with van der Waals surface area (Å²) in [5, 5.41) is 0.905. The molecule has 0 spiro atoms. The number of hydrogen-bond acceptors (Lipinski definition) is 2. The number of rotatable bonds is 1. The fraction of sp³-hybridized carbons (Fsp3) is 0.909. The predicted octanol–water partition coefficient (Wildman–Crippen LogP) is 3.40. The summed E-state index contributed by atoms with van der Waals surface area (Å²) in [5.41, 5.74) is -0.410. The second kappa shape index (κ2) is 5.71. The van der Waals surface area contributed by atoms with E-state index in [1.165, 1.54) is 0 Å². The van der Waals surface area contributed by atoms with Crippen LogP contribution in [0.15, 0.2) is 0 Å². The first kappa shape index (κ1) is 14.3. The van der Waals surface area contributed by atoms with Crippen molar-refractivity contribution in [2.45, 2.75) is 37.6 Å². The molecule has 0 aromatic heterocycles. The topological polar surface area (TPSA) is 29.5 Å². The van der Waals surface area contributed by atoms with Crippen molar-refractivity contribution in [3.05, 3.63) is 0 Å². The molecule has 0 aromatic rings. The molecule has 0 aliphatic carbocycles. The lowest BCUT2D eigenvalue weighted by molar-refractivity contribution is 0.0184. The minimum Gasteiger partial charge on any atom is -0.444 e. The van der Waals surface area contributed by atoms with Crippen LogP contribution in [0.1, 0.15) is 27.2 Å². The summed E-state index contributed by atoms with van der Waals surface area (Å²) in [6.07, 6.45) is 0.785. The number of carbonyl (C=O) groups excluding carboxylic acids is 1. The van der Waals surface area contributed by atoms with Gasteiger partial charge in [-0.15, -0.1) is 0 Å². The molecule has 2 unspecified atom stereocenters. The molecule has 3 nitrogen and oxygen atoms in total. The Hall–Kier alpha value is 0.230. The largest absolute Gasteiger partial charge is 0.444 e. The highest BCUT2D eigenvalue weighted by atomic mass is 79.9. The van der Waals surface area contributed by atoms with Crippen LogP contribution in [0.5, 0.6) is 0 Å². The van der Waals surface area contributed by atoms with Crippen molar-refractivity contribution in [3.63, 3.8) is 0 Å². The van der Waals surface area contributed by atoms with Crippen LogP contribution in [0.2, 0.25) is 0 Å². The summed E-state index contributed by atoms with van der Waals surface area (Å²) in [4.78, 5) is 14.1. The maximum Gasteiger partial charge on any atom is 0.410 e. The quantitative estimate of drug-likeness (QED) is 0.674. The van der Waals surface area contributed by atoms with E-state index in [0.29, 0.717) is 10.7 Å². The molecule has 1 amide bonds. The first-order chi connectivity index (χ1) is 7.33. The van der Waals surface area contributed by atoms with E-state index < -0.39 is 5.60 Å². The number of ether oxygens (including phenoxy) is 1. The Kier molecular flexibility index (Phi) is 5.10. The lowest BCUT2D eigenvalue weighted by Crippen LogP contribution is -2.46. The highest BCUT2D eigenvalue weighted by Gasteiger charge is 2.31. The lowest BCUT2D eigenvalue weighted by Gasteiger charge is -2.36. The van der Waals surface area contributed by atoms with Crippen LogP contribution >= 0.6 is 31.9 Å². The normalized spacial score (nSPS) is 26.7. The van der Waals surface area contributed by atoms with E-state index >= 15 is 0 Å². The van der Waals surface area contributed by atoms with E-state index in [4.69, 9.17) is 4.74 Å². The van der Waals surface area contributed by atoms with Crippen molar-refractivity contribution in [1.29, 1.82) is 0 Å². The molecule has 1 heterocycles. The first-order valence-corrected chi connectivity index (χ1v) is 7.55. The molecule has 0 bridgehead atoms. The second-order valence-corrected chi connectivity index (χ2v) is 6.97. The first-order valence-electron chi connectivity index (χ1n) is 5.51. The maximum absolute atomic E-state index is 11.9. The van der Waals surface area contributed by atoms with Gasteiger partial charge in [0, 0.05) is 23.2 Å². The van der Waals surface area contributed by atoms with Crippen LogP contribution in [-0.2, 0) is 4.74 Å². The minimum atomic E-state index is -0.410. The summed E-state index contributed by atoms with van der Waals surface area (Å²) < 4.78 is 5.36. The molecule has 1 aliphatic rings. The summed E-state index contributed by atoms with van der Waals surface area (Å²) in [6, 6.07) is 0. The third-order valence-corrected chi connectivity index (χ3v) is 4.53. The third-order valence-electron chi connectivity index (χ3n) is 2.49. The zero-order valence-electron chi connectivity index (χ0n) is 10.0. The molecule has 0 saturated carbocycles. The van der Waals surface area contributed by atoms with E-state index in [0.717, 1.165) is 24.8 Å². The van der Waals surface area contributed by atoms with Crippen LogP contribution in [0.3, 0.4) is 0 Å². The maximum atomic E-state index is 11.9. The van der Waals surface area contributed by atoms with Crippen molar-refractivity contribution in [2.24, 2.45) is 5.92 Å². The van der Waals surface area contributed by atoms with Crippen LogP contribution in [-0.4, -0.2) is 39.8 Å². The van der Waals surface area contributed by atoms with Crippen LogP contribution < -0.4 is 0 Å². The molecule has 0 N–H and O–H groups in total. The Bertz CT molecular complexity index is 253. The van der Waals surface area contributed by atoms with Gasteiger partial charge >= 0.3 is 6.09 Å². The van der Waals surface area contributed by atoms with Gasteiger partial charge in [0.15, 0.2) is 0 Å². The summed E-state index contributed by atoms with van der Waals surface area (Å²) >= 11 is 7.12. The van der Waals surface area contributed by atoms with Gasteiger partial charge in [-0.2, -0.15) is 0 Å². The van der Waals surface area contributed by atoms with Gasteiger partial charge in [-0.1, -0.05) is 31.9 Å². The van der Waals surface area contributed by atoms with Gasteiger partial charge in [0.1, 0.15) is 5.60 Å². The molecule has 0 radical (unpaired) electrons. The standard InChI is InChI=1S/C11H19Br2NO2/c1-11(2,3)16-10(15)14-5-4-9(13)8(6-12)7-14/h8-9H,4-7H2,1-3H3. The molecular formula is C11H19Br2NO2. The fourth-order valence-corrected chi connectivity index (χ4v) is 3.36. The molecule has 1 fully saturated rings. The minimum absolute atomic E-state index is 0.196. The molecule has 1 rings (SSSR count). The molecule has 1 saturated heterocycles. The van der Waals surface area contributed by atoms with Gasteiger partial charge in [0.05, 0.1) is 0 Å². The summed E-state index contributed by atoms with van der Waals surface area (Å²) in [6.45, 7) is 7.21. The van der Waals surface area contributed by atoms with E-state index in [9.17, 15) is 4.79 Å². The Morgan fingerprint density at radius 1 is 1.50 bits per heavy atom. The van der Waals surface area contributed by atoms with E-state index in [-0.39, 0.29) is 6.09 Å². The number of nitrogens with zero attached hydrogens (tertiary/aromatic N) is 1. The number of likely N-dealkylation sites (tertiary alicyclic amines) is 1. The van der Waals surface area contributed by atoms with E-state index in [1.54, 1.807) is 4.90 Å². The Balaban J connectivity index is 2.52. The van der Waals surface area contributed by atoms with E-state index in [1.807, 2.05) is 20.8 Å². The smallest absolute Gasteiger partial charge is 0.410 e. The van der Waals surface area contributed by atoms with Crippen LogP contribution in [0.4, 0.5) is 4.79 Å². The van der Waals surface area contributed by atoms with Crippen molar-refractivity contribution in [2.75, 3.05) is 18.4 Å². The van der Waals surface area contributed by atoms with Crippen LogP contribution in [0.25, 0.3) is 0 Å². The average Bonchev–Trinajstić information content (AvgIpc) is 2.15. The SMILES string of the molecule is CC(C)(C)OC(=O)N1CCC(Br)C(CBr)C1. The number of carbonyl (C=O) groups is 1. The Morgan fingerprint density at radius 2 is 2.12 bits per heavy atom. The van der Waals surface area contributed by atoms with Crippen molar-refractivity contribution < 1.29 is 9.53 Å². The molecule has 2 atom stereocenters. The molecule has 0 aromatic carbocycles. The summed E-state index contributed by atoms with van der Waals surface area (Å²) in [7, 11) is 0. The number of alkyl halides is 2. The highest BCUT2D eigenvalue weighted by Crippen LogP contribution is 2.26. The third kappa shape index (κ3) is 4.24. The van der Waals surface area contributed by atoms with Gasteiger partial charge in [0.2, 0.25) is 0 Å². The number of hydrogen-bond donors (Lipinski definition) is 0. The van der Waals surface area contributed by atoms with Gasteiger partial charge in [-0.25, -0.2) is 4.79 Å². The average molecular weight is 357 g/mol. The van der Waals surface area contributed by atoms with Crippen molar-refractivity contribution in [3.8, 4) is 0 Å². The number of amides is 1. The van der Waals surface area contributed by atoms with Gasteiger partial charge in [-0.3, -0.25) is 0 Å². The van der Waals surface area contributed by atoms with Gasteiger partial charge in [0.25, 0.3) is 0 Å². The van der Waals surface area contributed by atoms with Gasteiger partial charge in [-0.05, 0) is 33.1 Å². The molecule has 5 heteroatoms. The zero-order valence-corrected chi connectivity index (χ0v) is 13.2.